The molecule has 0 radical (unpaired) electrons. The van der Waals surface area contributed by atoms with Crippen molar-refractivity contribution >= 4 is 5.96 Å². The predicted molar refractivity (Wildman–Crippen MR) is 105 cm³/mol. The summed E-state index contributed by atoms with van der Waals surface area (Å²) < 4.78 is 16.5. The molecular weight excluding hydrogens is 332 g/mol. The van der Waals surface area contributed by atoms with Gasteiger partial charge in [0.2, 0.25) is 0 Å². The molecule has 2 N–H and O–H groups in total. The molecule has 2 saturated heterocycles. The van der Waals surface area contributed by atoms with Crippen LogP contribution in [0.2, 0.25) is 0 Å². The minimum Gasteiger partial charge on any atom is -0.381 e. The monoisotopic (exact) mass is 370 g/mol. The zero-order valence-electron chi connectivity index (χ0n) is 16.5. The number of nitrogens with one attached hydrogen (secondary N) is 2. The molecule has 7 nitrogen and oxygen atoms in total. The van der Waals surface area contributed by atoms with Crippen molar-refractivity contribution in [3.8, 4) is 0 Å². The van der Waals surface area contributed by atoms with Crippen molar-refractivity contribution in [3.05, 3.63) is 0 Å². The third-order valence-corrected chi connectivity index (χ3v) is 4.74. The van der Waals surface area contributed by atoms with Crippen molar-refractivity contribution in [2.75, 3.05) is 78.9 Å². The maximum atomic E-state index is 5.73. The standard InChI is InChI=1S/C19H38N4O3/c1-2-20-19(21-7-3-4-9-23-10-14-24-15-11-23)22-8-5-12-25-16-18-6-13-26-17-18/h18H,2-17H2,1H3,(H2,20,21,22). The Morgan fingerprint density at radius 3 is 2.77 bits per heavy atom. The van der Waals surface area contributed by atoms with Crippen LogP contribution < -0.4 is 10.6 Å². The summed E-state index contributed by atoms with van der Waals surface area (Å²) in [6, 6.07) is 0. The van der Waals surface area contributed by atoms with Gasteiger partial charge in [-0.05, 0) is 39.2 Å². The van der Waals surface area contributed by atoms with E-state index in [4.69, 9.17) is 14.2 Å². The second kappa shape index (κ2) is 14.2. The molecule has 152 valence electrons. The van der Waals surface area contributed by atoms with Gasteiger partial charge in [0, 0.05) is 51.9 Å². The summed E-state index contributed by atoms with van der Waals surface area (Å²) in [6.45, 7) is 13.2. The molecule has 0 bridgehead atoms. The minimum atomic E-state index is 0.593. The summed E-state index contributed by atoms with van der Waals surface area (Å²) in [5.41, 5.74) is 0. The second-order valence-electron chi connectivity index (χ2n) is 7.01. The summed E-state index contributed by atoms with van der Waals surface area (Å²) in [5, 5.41) is 6.75. The third kappa shape index (κ3) is 9.71. The Morgan fingerprint density at radius 1 is 1.12 bits per heavy atom. The third-order valence-electron chi connectivity index (χ3n) is 4.74. The van der Waals surface area contributed by atoms with Crippen LogP contribution in [0, 0.1) is 5.92 Å². The molecule has 1 atom stereocenters. The molecule has 0 aromatic heterocycles. The summed E-state index contributed by atoms with van der Waals surface area (Å²) in [7, 11) is 0. The van der Waals surface area contributed by atoms with Gasteiger partial charge in [-0.2, -0.15) is 0 Å². The molecule has 2 rings (SSSR count). The minimum absolute atomic E-state index is 0.593. The number of rotatable bonds is 12. The molecule has 2 heterocycles. The molecule has 0 aliphatic carbocycles. The van der Waals surface area contributed by atoms with Crippen molar-refractivity contribution in [3.63, 3.8) is 0 Å². The fraction of sp³-hybridized carbons (Fsp3) is 0.947. The molecule has 2 aliphatic heterocycles. The summed E-state index contributed by atoms with van der Waals surface area (Å²) in [6.07, 6.45) is 4.47. The van der Waals surface area contributed by atoms with Crippen molar-refractivity contribution in [2.24, 2.45) is 10.9 Å². The predicted octanol–water partition coefficient (Wildman–Crippen LogP) is 1.10. The van der Waals surface area contributed by atoms with Crippen LogP contribution >= 0.6 is 0 Å². The van der Waals surface area contributed by atoms with Crippen molar-refractivity contribution in [1.82, 2.24) is 15.5 Å². The lowest BCUT2D eigenvalue weighted by Gasteiger charge is -2.26. The Morgan fingerprint density at radius 2 is 2.00 bits per heavy atom. The second-order valence-corrected chi connectivity index (χ2v) is 7.01. The van der Waals surface area contributed by atoms with Crippen LogP contribution in [0.25, 0.3) is 0 Å². The van der Waals surface area contributed by atoms with Gasteiger partial charge < -0.3 is 24.8 Å². The molecule has 0 amide bonds. The molecule has 2 fully saturated rings. The van der Waals surface area contributed by atoms with Crippen LogP contribution in [0.4, 0.5) is 0 Å². The van der Waals surface area contributed by atoms with E-state index < -0.39 is 0 Å². The first-order valence-electron chi connectivity index (χ1n) is 10.4. The van der Waals surface area contributed by atoms with Crippen LogP contribution in [-0.2, 0) is 14.2 Å². The normalized spacial score (nSPS) is 21.9. The van der Waals surface area contributed by atoms with Crippen LogP contribution in [-0.4, -0.2) is 89.8 Å². The Labute approximate surface area is 158 Å². The molecule has 26 heavy (non-hydrogen) atoms. The van der Waals surface area contributed by atoms with Crippen LogP contribution in [0.15, 0.2) is 4.99 Å². The number of guanidine groups is 1. The van der Waals surface area contributed by atoms with Gasteiger partial charge >= 0.3 is 0 Å². The highest BCUT2D eigenvalue weighted by Gasteiger charge is 2.15. The van der Waals surface area contributed by atoms with E-state index in [1.54, 1.807) is 0 Å². The highest BCUT2D eigenvalue weighted by molar-refractivity contribution is 5.79. The number of hydrogen-bond acceptors (Lipinski definition) is 5. The molecule has 0 aromatic carbocycles. The zero-order valence-corrected chi connectivity index (χ0v) is 16.5. The largest absolute Gasteiger partial charge is 0.381 e. The lowest BCUT2D eigenvalue weighted by atomic mass is 10.1. The van der Waals surface area contributed by atoms with E-state index in [1.807, 2.05) is 0 Å². The Hall–Kier alpha value is -0.890. The van der Waals surface area contributed by atoms with Crippen LogP contribution in [0.5, 0.6) is 0 Å². The Balaban J connectivity index is 1.47. The van der Waals surface area contributed by atoms with Gasteiger partial charge in [-0.3, -0.25) is 9.89 Å². The molecule has 0 saturated carbocycles. The van der Waals surface area contributed by atoms with Gasteiger partial charge in [0.1, 0.15) is 0 Å². The van der Waals surface area contributed by atoms with E-state index >= 15 is 0 Å². The van der Waals surface area contributed by atoms with Gasteiger partial charge in [-0.25, -0.2) is 0 Å². The van der Waals surface area contributed by atoms with E-state index in [9.17, 15) is 0 Å². The van der Waals surface area contributed by atoms with Crippen LogP contribution in [0.1, 0.15) is 32.6 Å². The highest BCUT2D eigenvalue weighted by atomic mass is 16.5. The molecule has 2 aliphatic rings. The molecule has 0 spiro atoms. The van der Waals surface area contributed by atoms with Crippen molar-refractivity contribution < 1.29 is 14.2 Å². The number of hydrogen-bond donors (Lipinski definition) is 2. The van der Waals surface area contributed by atoms with E-state index in [0.29, 0.717) is 5.92 Å². The average Bonchev–Trinajstić information content (AvgIpc) is 3.18. The number of ether oxygens (including phenoxy) is 3. The number of aliphatic imine (C=N–C) groups is 1. The van der Waals surface area contributed by atoms with E-state index in [2.05, 4.69) is 27.4 Å². The summed E-state index contributed by atoms with van der Waals surface area (Å²) in [5.74, 6) is 1.51. The maximum Gasteiger partial charge on any atom is 0.191 e. The molecule has 7 heteroatoms. The van der Waals surface area contributed by atoms with Crippen molar-refractivity contribution in [1.29, 1.82) is 0 Å². The van der Waals surface area contributed by atoms with Gasteiger partial charge in [0.15, 0.2) is 5.96 Å². The van der Waals surface area contributed by atoms with Crippen molar-refractivity contribution in [2.45, 2.75) is 32.6 Å². The quantitative estimate of drug-likeness (QED) is 0.305. The lowest BCUT2D eigenvalue weighted by Crippen LogP contribution is -2.39. The average molecular weight is 371 g/mol. The fourth-order valence-electron chi connectivity index (χ4n) is 3.16. The first kappa shape index (κ1) is 21.4. The van der Waals surface area contributed by atoms with Gasteiger partial charge in [-0.1, -0.05) is 0 Å². The van der Waals surface area contributed by atoms with Gasteiger partial charge in [0.05, 0.1) is 26.4 Å². The molecular formula is C19H38N4O3. The number of nitrogens with zero attached hydrogens (tertiary/aromatic N) is 2. The Bertz CT molecular complexity index is 370. The highest BCUT2D eigenvalue weighted by Crippen LogP contribution is 2.12. The SMILES string of the molecule is CCNC(=NCCCOCC1CCOC1)NCCCCN1CCOCC1. The van der Waals surface area contributed by atoms with E-state index in [0.717, 1.165) is 97.6 Å². The smallest absolute Gasteiger partial charge is 0.191 e. The van der Waals surface area contributed by atoms with Crippen LogP contribution in [0.3, 0.4) is 0 Å². The van der Waals surface area contributed by atoms with E-state index in [1.165, 1.54) is 13.0 Å². The fourth-order valence-corrected chi connectivity index (χ4v) is 3.16. The summed E-state index contributed by atoms with van der Waals surface area (Å²) >= 11 is 0. The topological polar surface area (TPSA) is 67.4 Å². The maximum absolute atomic E-state index is 5.73. The molecule has 1 unspecified atom stereocenters. The first-order chi connectivity index (χ1) is 12.9. The number of unbranched alkanes of at least 4 members (excludes halogenated alkanes) is 1. The van der Waals surface area contributed by atoms with E-state index in [-0.39, 0.29) is 0 Å². The molecule has 0 aromatic rings. The van der Waals surface area contributed by atoms with Gasteiger partial charge in [-0.15, -0.1) is 0 Å². The number of morpholine rings is 1. The van der Waals surface area contributed by atoms with Gasteiger partial charge in [0.25, 0.3) is 0 Å². The summed E-state index contributed by atoms with van der Waals surface area (Å²) in [4.78, 5) is 7.12. The first-order valence-corrected chi connectivity index (χ1v) is 10.4. The Kier molecular flexibility index (Phi) is 11.7. The lowest BCUT2D eigenvalue weighted by molar-refractivity contribution is 0.0372. The zero-order chi connectivity index (χ0) is 18.3.